The van der Waals surface area contributed by atoms with Crippen LogP contribution in [0.2, 0.25) is 0 Å². The highest BCUT2D eigenvalue weighted by atomic mass is 16.5. The van der Waals surface area contributed by atoms with E-state index < -0.39 is 0 Å². The highest BCUT2D eigenvalue weighted by Crippen LogP contribution is 2.38. The normalized spacial score (nSPS) is 15.7. The molecule has 0 spiro atoms. The molecular formula is C22H26N2O6. The molecule has 8 nitrogen and oxygen atoms in total. The van der Waals surface area contributed by atoms with Gasteiger partial charge in [0, 0.05) is 24.2 Å². The van der Waals surface area contributed by atoms with Crippen LogP contribution in [-0.4, -0.2) is 52.3 Å². The van der Waals surface area contributed by atoms with Gasteiger partial charge in [-0.05, 0) is 43.3 Å². The summed E-state index contributed by atoms with van der Waals surface area (Å²) in [6.07, 6.45) is 0.226. The van der Waals surface area contributed by atoms with Gasteiger partial charge in [0.2, 0.25) is 11.7 Å². The Kier molecular flexibility index (Phi) is 6.66. The first-order valence-corrected chi connectivity index (χ1v) is 9.64. The standard InChI is InChI=1S/C22H26N2O6/c1-5-30-17-8-6-16(7-9-17)24-13-15(12-20(24)25)23-22(26)14-10-18(27-2)21(29-4)19(11-14)28-3/h6-11,15H,5,12-13H2,1-4H3,(H,23,26)/t15-/m1/s1. The van der Waals surface area contributed by atoms with Crippen molar-refractivity contribution in [2.45, 2.75) is 19.4 Å². The molecular weight excluding hydrogens is 388 g/mol. The summed E-state index contributed by atoms with van der Waals surface area (Å²) < 4.78 is 21.3. The molecule has 0 bridgehead atoms. The van der Waals surface area contributed by atoms with Crippen LogP contribution < -0.4 is 29.2 Å². The lowest BCUT2D eigenvalue weighted by Crippen LogP contribution is -2.37. The Balaban J connectivity index is 1.71. The fourth-order valence-corrected chi connectivity index (χ4v) is 3.42. The van der Waals surface area contributed by atoms with Gasteiger partial charge < -0.3 is 29.2 Å². The second-order valence-electron chi connectivity index (χ2n) is 6.72. The molecule has 1 N–H and O–H groups in total. The van der Waals surface area contributed by atoms with Gasteiger partial charge >= 0.3 is 0 Å². The van der Waals surface area contributed by atoms with E-state index in [9.17, 15) is 9.59 Å². The molecule has 2 aromatic rings. The molecule has 0 aliphatic carbocycles. The molecule has 8 heteroatoms. The maximum atomic E-state index is 12.8. The Morgan fingerprint density at radius 1 is 1.07 bits per heavy atom. The monoisotopic (exact) mass is 414 g/mol. The van der Waals surface area contributed by atoms with E-state index in [1.54, 1.807) is 17.0 Å². The van der Waals surface area contributed by atoms with E-state index in [0.29, 0.717) is 36.0 Å². The smallest absolute Gasteiger partial charge is 0.251 e. The number of benzene rings is 2. The summed E-state index contributed by atoms with van der Waals surface area (Å²) in [6, 6.07) is 10.2. The van der Waals surface area contributed by atoms with Crippen LogP contribution in [-0.2, 0) is 4.79 Å². The van der Waals surface area contributed by atoms with Gasteiger partial charge in [0.1, 0.15) is 5.75 Å². The van der Waals surface area contributed by atoms with Crippen LogP contribution in [0, 0.1) is 0 Å². The number of hydrogen-bond acceptors (Lipinski definition) is 6. The van der Waals surface area contributed by atoms with E-state index in [-0.39, 0.29) is 24.3 Å². The van der Waals surface area contributed by atoms with E-state index in [1.807, 2.05) is 31.2 Å². The van der Waals surface area contributed by atoms with Crippen LogP contribution >= 0.6 is 0 Å². The van der Waals surface area contributed by atoms with Crippen molar-refractivity contribution in [3.8, 4) is 23.0 Å². The van der Waals surface area contributed by atoms with Crippen molar-refractivity contribution in [3.63, 3.8) is 0 Å². The van der Waals surface area contributed by atoms with Crippen molar-refractivity contribution in [2.75, 3.05) is 39.4 Å². The maximum absolute atomic E-state index is 12.8. The third kappa shape index (κ3) is 4.42. The number of carbonyl (C=O) groups is 2. The number of methoxy groups -OCH3 is 3. The maximum Gasteiger partial charge on any atom is 0.251 e. The predicted molar refractivity (Wildman–Crippen MR) is 112 cm³/mol. The molecule has 1 fully saturated rings. The second kappa shape index (κ2) is 9.39. The van der Waals surface area contributed by atoms with Gasteiger partial charge in [-0.15, -0.1) is 0 Å². The summed E-state index contributed by atoms with van der Waals surface area (Å²) in [5.74, 6) is 1.57. The van der Waals surface area contributed by atoms with Crippen LogP contribution in [0.5, 0.6) is 23.0 Å². The molecule has 1 aliphatic heterocycles. The number of amides is 2. The average molecular weight is 414 g/mol. The van der Waals surface area contributed by atoms with E-state index >= 15 is 0 Å². The van der Waals surface area contributed by atoms with Crippen LogP contribution in [0.15, 0.2) is 36.4 Å². The molecule has 2 amide bonds. The molecule has 0 radical (unpaired) electrons. The van der Waals surface area contributed by atoms with Crippen LogP contribution in [0.1, 0.15) is 23.7 Å². The molecule has 160 valence electrons. The minimum absolute atomic E-state index is 0.0469. The van der Waals surface area contributed by atoms with Gasteiger partial charge in [-0.25, -0.2) is 0 Å². The highest BCUT2D eigenvalue weighted by molar-refractivity contribution is 5.99. The third-order valence-electron chi connectivity index (χ3n) is 4.85. The highest BCUT2D eigenvalue weighted by Gasteiger charge is 2.32. The van der Waals surface area contributed by atoms with E-state index in [1.165, 1.54) is 21.3 Å². The topological polar surface area (TPSA) is 86.3 Å². The largest absolute Gasteiger partial charge is 0.494 e. The first-order valence-electron chi connectivity index (χ1n) is 9.64. The Labute approximate surface area is 175 Å². The van der Waals surface area contributed by atoms with Crippen LogP contribution in [0.25, 0.3) is 0 Å². The summed E-state index contributed by atoms with van der Waals surface area (Å²) in [7, 11) is 4.48. The summed E-state index contributed by atoms with van der Waals surface area (Å²) >= 11 is 0. The SMILES string of the molecule is CCOc1ccc(N2C[C@H](NC(=O)c3cc(OC)c(OC)c(OC)c3)CC2=O)cc1. The molecule has 30 heavy (non-hydrogen) atoms. The Morgan fingerprint density at radius 3 is 2.23 bits per heavy atom. The lowest BCUT2D eigenvalue weighted by molar-refractivity contribution is -0.117. The zero-order chi connectivity index (χ0) is 21.7. The van der Waals surface area contributed by atoms with Crippen LogP contribution in [0.4, 0.5) is 5.69 Å². The molecule has 1 atom stereocenters. The van der Waals surface area contributed by atoms with Gasteiger partial charge in [0.15, 0.2) is 11.5 Å². The van der Waals surface area contributed by atoms with Gasteiger partial charge in [-0.2, -0.15) is 0 Å². The molecule has 0 aromatic heterocycles. The van der Waals surface area contributed by atoms with Gasteiger partial charge in [0.25, 0.3) is 5.91 Å². The minimum atomic E-state index is -0.319. The lowest BCUT2D eigenvalue weighted by Gasteiger charge is -2.18. The quantitative estimate of drug-likeness (QED) is 0.715. The van der Waals surface area contributed by atoms with Crippen molar-refractivity contribution in [3.05, 3.63) is 42.0 Å². The van der Waals surface area contributed by atoms with Crippen molar-refractivity contribution < 1.29 is 28.5 Å². The third-order valence-corrected chi connectivity index (χ3v) is 4.85. The molecule has 0 saturated carbocycles. The first-order chi connectivity index (χ1) is 14.5. The molecule has 3 rings (SSSR count). The number of carbonyl (C=O) groups excluding carboxylic acids is 2. The minimum Gasteiger partial charge on any atom is -0.494 e. The number of nitrogens with one attached hydrogen (secondary N) is 1. The zero-order valence-corrected chi connectivity index (χ0v) is 17.6. The molecule has 1 heterocycles. The van der Waals surface area contributed by atoms with E-state index in [4.69, 9.17) is 18.9 Å². The Bertz CT molecular complexity index is 887. The van der Waals surface area contributed by atoms with Gasteiger partial charge in [-0.1, -0.05) is 0 Å². The molecule has 2 aromatic carbocycles. The Morgan fingerprint density at radius 2 is 1.70 bits per heavy atom. The average Bonchev–Trinajstić information content (AvgIpc) is 3.13. The second-order valence-corrected chi connectivity index (χ2v) is 6.72. The first kappa shape index (κ1) is 21.3. The number of anilines is 1. The van der Waals surface area contributed by atoms with Gasteiger partial charge in [-0.3, -0.25) is 9.59 Å². The van der Waals surface area contributed by atoms with Crippen molar-refractivity contribution >= 4 is 17.5 Å². The van der Waals surface area contributed by atoms with Crippen LogP contribution in [0.3, 0.4) is 0 Å². The number of ether oxygens (including phenoxy) is 4. The van der Waals surface area contributed by atoms with E-state index in [2.05, 4.69) is 5.32 Å². The van der Waals surface area contributed by atoms with Crippen molar-refractivity contribution in [2.24, 2.45) is 0 Å². The summed E-state index contributed by atoms with van der Waals surface area (Å²) in [5.41, 5.74) is 1.13. The molecule has 1 aliphatic rings. The summed E-state index contributed by atoms with van der Waals surface area (Å²) in [6.45, 7) is 2.89. The zero-order valence-electron chi connectivity index (χ0n) is 17.6. The molecule has 1 saturated heterocycles. The van der Waals surface area contributed by atoms with Crippen molar-refractivity contribution in [1.29, 1.82) is 0 Å². The number of rotatable bonds is 8. The van der Waals surface area contributed by atoms with Gasteiger partial charge in [0.05, 0.1) is 34.0 Å². The van der Waals surface area contributed by atoms with E-state index in [0.717, 1.165) is 11.4 Å². The Hall–Kier alpha value is -3.42. The predicted octanol–water partition coefficient (Wildman–Crippen LogP) is 2.65. The molecule has 0 unspecified atom stereocenters. The number of hydrogen-bond donors (Lipinski definition) is 1. The lowest BCUT2D eigenvalue weighted by atomic mass is 10.1. The van der Waals surface area contributed by atoms with Crippen molar-refractivity contribution in [1.82, 2.24) is 5.32 Å². The fraction of sp³-hybridized carbons (Fsp3) is 0.364. The summed E-state index contributed by atoms with van der Waals surface area (Å²) in [4.78, 5) is 26.9. The number of nitrogens with zero attached hydrogens (tertiary/aromatic N) is 1. The summed E-state index contributed by atoms with van der Waals surface area (Å²) in [5, 5.41) is 2.92. The fourth-order valence-electron chi connectivity index (χ4n) is 3.42.